The Balaban J connectivity index is 2.80. The zero-order chi connectivity index (χ0) is 13.9. The number of phenols is 1. The zero-order valence-electron chi connectivity index (χ0n) is 10.6. The molecule has 18 heavy (non-hydrogen) atoms. The summed E-state index contributed by atoms with van der Waals surface area (Å²) in [5.74, 6) is -0.557. The highest BCUT2D eigenvalue weighted by atomic mass is 16.6. The zero-order valence-corrected chi connectivity index (χ0v) is 10.6. The van der Waals surface area contributed by atoms with Gasteiger partial charge in [-0.25, -0.2) is 0 Å². The van der Waals surface area contributed by atoms with Crippen molar-refractivity contribution in [3.8, 4) is 5.75 Å². The van der Waals surface area contributed by atoms with Crippen LogP contribution in [0.1, 0.15) is 27.2 Å². The molecule has 0 spiro atoms. The number of nitrogens with one attached hydrogen (secondary N) is 1. The van der Waals surface area contributed by atoms with Gasteiger partial charge in [0.2, 0.25) is 5.91 Å². The van der Waals surface area contributed by atoms with E-state index in [1.54, 1.807) is 0 Å². The number of aromatic hydroxyl groups is 1. The van der Waals surface area contributed by atoms with Crippen LogP contribution in [0.5, 0.6) is 5.75 Å². The van der Waals surface area contributed by atoms with Gasteiger partial charge in [0.25, 0.3) is 5.69 Å². The van der Waals surface area contributed by atoms with Gasteiger partial charge in [-0.3, -0.25) is 14.9 Å². The number of carbonyl (C=O) groups excluding carboxylic acids is 1. The summed E-state index contributed by atoms with van der Waals surface area (Å²) in [4.78, 5) is 21.5. The molecule has 0 atom stereocenters. The van der Waals surface area contributed by atoms with Gasteiger partial charge >= 0.3 is 0 Å². The quantitative estimate of drug-likeness (QED) is 0.491. The average molecular weight is 252 g/mol. The van der Waals surface area contributed by atoms with E-state index < -0.39 is 4.92 Å². The number of nitrogens with zero attached hydrogens (tertiary/aromatic N) is 1. The summed E-state index contributed by atoms with van der Waals surface area (Å²) in [6.45, 7) is 5.76. The number of non-ortho nitro benzene ring substituents is 1. The van der Waals surface area contributed by atoms with Gasteiger partial charge in [0.05, 0.1) is 16.7 Å². The number of hydrogen-bond acceptors (Lipinski definition) is 4. The van der Waals surface area contributed by atoms with Gasteiger partial charge < -0.3 is 10.4 Å². The van der Waals surface area contributed by atoms with Gasteiger partial charge in [0.1, 0.15) is 5.75 Å². The fourth-order valence-electron chi connectivity index (χ4n) is 1.42. The molecule has 1 aromatic rings. The lowest BCUT2D eigenvalue weighted by Crippen LogP contribution is -2.19. The Hall–Kier alpha value is -2.11. The topological polar surface area (TPSA) is 92.5 Å². The Bertz CT molecular complexity index is 477. The molecule has 0 bridgehead atoms. The van der Waals surface area contributed by atoms with Gasteiger partial charge in [-0.05, 0) is 11.5 Å². The van der Waals surface area contributed by atoms with E-state index in [0.29, 0.717) is 6.42 Å². The first-order chi connectivity index (χ1) is 8.19. The van der Waals surface area contributed by atoms with Gasteiger partial charge in [0.15, 0.2) is 0 Å². The second-order valence-electron chi connectivity index (χ2n) is 5.24. The molecule has 0 aliphatic carbocycles. The molecule has 0 aromatic heterocycles. The van der Waals surface area contributed by atoms with E-state index in [-0.39, 0.29) is 28.4 Å². The maximum absolute atomic E-state index is 11.6. The molecule has 0 aliphatic rings. The van der Waals surface area contributed by atoms with Crippen LogP contribution in [0.3, 0.4) is 0 Å². The number of hydrogen-bond donors (Lipinski definition) is 2. The predicted molar refractivity (Wildman–Crippen MR) is 67.5 cm³/mol. The summed E-state index contributed by atoms with van der Waals surface area (Å²) in [6, 6.07) is 3.55. The molecular weight excluding hydrogens is 236 g/mol. The Kier molecular flexibility index (Phi) is 3.90. The minimum Gasteiger partial charge on any atom is -0.506 e. The lowest BCUT2D eigenvalue weighted by atomic mass is 9.92. The van der Waals surface area contributed by atoms with Crippen LogP contribution in [0.15, 0.2) is 18.2 Å². The average Bonchev–Trinajstić information content (AvgIpc) is 2.17. The van der Waals surface area contributed by atoms with E-state index in [4.69, 9.17) is 0 Å². The highest BCUT2D eigenvalue weighted by Crippen LogP contribution is 2.28. The Morgan fingerprint density at radius 2 is 2.06 bits per heavy atom. The molecule has 0 fully saturated rings. The molecule has 0 saturated carbocycles. The molecule has 1 aromatic carbocycles. The van der Waals surface area contributed by atoms with Crippen LogP contribution in [-0.2, 0) is 4.79 Å². The lowest BCUT2D eigenvalue weighted by molar-refractivity contribution is -0.384. The molecule has 0 unspecified atom stereocenters. The van der Waals surface area contributed by atoms with E-state index in [1.165, 1.54) is 12.1 Å². The van der Waals surface area contributed by atoms with Crippen molar-refractivity contribution >= 4 is 17.3 Å². The number of amides is 1. The van der Waals surface area contributed by atoms with E-state index in [2.05, 4.69) is 5.32 Å². The highest BCUT2D eigenvalue weighted by Gasteiger charge is 2.17. The Morgan fingerprint density at radius 1 is 1.44 bits per heavy atom. The van der Waals surface area contributed by atoms with Crippen molar-refractivity contribution in [1.29, 1.82) is 0 Å². The first-order valence-electron chi connectivity index (χ1n) is 5.46. The monoisotopic (exact) mass is 252 g/mol. The standard InChI is InChI=1S/C12H16N2O4/c1-12(2,3)7-11(16)13-9-5-4-8(14(17)18)6-10(9)15/h4-6,15H,7H2,1-3H3,(H,13,16). The van der Waals surface area contributed by atoms with E-state index in [0.717, 1.165) is 6.07 Å². The summed E-state index contributed by atoms with van der Waals surface area (Å²) in [6.07, 6.45) is 0.295. The SMILES string of the molecule is CC(C)(C)CC(=O)Nc1ccc([N+](=O)[O-])cc1O. The summed E-state index contributed by atoms with van der Waals surface area (Å²) in [5, 5.41) is 22.6. The summed E-state index contributed by atoms with van der Waals surface area (Å²) in [5.41, 5.74) is -0.211. The van der Waals surface area contributed by atoms with E-state index >= 15 is 0 Å². The van der Waals surface area contributed by atoms with Gasteiger partial charge in [-0.15, -0.1) is 0 Å². The summed E-state index contributed by atoms with van der Waals surface area (Å²) < 4.78 is 0. The first-order valence-corrected chi connectivity index (χ1v) is 5.46. The minimum atomic E-state index is -0.611. The largest absolute Gasteiger partial charge is 0.506 e. The number of rotatable bonds is 3. The molecule has 0 radical (unpaired) electrons. The maximum atomic E-state index is 11.6. The molecule has 6 nitrogen and oxygen atoms in total. The van der Waals surface area contributed by atoms with Crippen molar-refractivity contribution in [3.05, 3.63) is 28.3 Å². The first kappa shape index (κ1) is 14.0. The third-order valence-electron chi connectivity index (χ3n) is 2.16. The van der Waals surface area contributed by atoms with Crippen LogP contribution in [0.2, 0.25) is 0 Å². The van der Waals surface area contributed by atoms with Crippen molar-refractivity contribution in [2.75, 3.05) is 5.32 Å². The Morgan fingerprint density at radius 3 is 2.50 bits per heavy atom. The van der Waals surface area contributed by atoms with E-state index in [1.807, 2.05) is 20.8 Å². The molecule has 0 saturated heterocycles. The number of phenolic OH excluding ortho intramolecular Hbond substituents is 1. The highest BCUT2D eigenvalue weighted by molar-refractivity contribution is 5.92. The van der Waals surface area contributed by atoms with Crippen LogP contribution in [0.4, 0.5) is 11.4 Å². The van der Waals surface area contributed by atoms with Gasteiger partial charge in [0, 0.05) is 12.5 Å². The number of nitro groups is 1. The molecule has 0 aliphatic heterocycles. The fourth-order valence-corrected chi connectivity index (χ4v) is 1.42. The number of carbonyl (C=O) groups is 1. The number of benzene rings is 1. The van der Waals surface area contributed by atoms with Crippen LogP contribution in [-0.4, -0.2) is 15.9 Å². The lowest BCUT2D eigenvalue weighted by Gasteiger charge is -2.17. The molecule has 2 N–H and O–H groups in total. The number of nitro benzene ring substituents is 1. The molecule has 1 rings (SSSR count). The second kappa shape index (κ2) is 5.03. The summed E-state index contributed by atoms with van der Waals surface area (Å²) >= 11 is 0. The van der Waals surface area contributed by atoms with Crippen molar-refractivity contribution in [1.82, 2.24) is 0 Å². The van der Waals surface area contributed by atoms with Crippen LogP contribution >= 0.6 is 0 Å². The van der Waals surface area contributed by atoms with Gasteiger partial charge in [-0.2, -0.15) is 0 Å². The predicted octanol–water partition coefficient (Wildman–Crippen LogP) is 2.68. The van der Waals surface area contributed by atoms with Crippen molar-refractivity contribution in [3.63, 3.8) is 0 Å². The summed E-state index contributed by atoms with van der Waals surface area (Å²) in [7, 11) is 0. The normalized spacial score (nSPS) is 11.1. The minimum absolute atomic E-state index is 0.166. The van der Waals surface area contributed by atoms with Crippen LogP contribution in [0, 0.1) is 15.5 Å². The maximum Gasteiger partial charge on any atom is 0.273 e. The van der Waals surface area contributed by atoms with Crippen LogP contribution < -0.4 is 5.32 Å². The van der Waals surface area contributed by atoms with E-state index in [9.17, 15) is 20.0 Å². The van der Waals surface area contributed by atoms with Crippen molar-refractivity contribution < 1.29 is 14.8 Å². The molecule has 1 amide bonds. The molecule has 98 valence electrons. The third-order valence-corrected chi connectivity index (χ3v) is 2.16. The third kappa shape index (κ3) is 4.04. The van der Waals surface area contributed by atoms with Crippen molar-refractivity contribution in [2.45, 2.75) is 27.2 Å². The number of anilines is 1. The molecular formula is C12H16N2O4. The van der Waals surface area contributed by atoms with Crippen LogP contribution in [0.25, 0.3) is 0 Å². The Labute approximate surface area is 105 Å². The molecule has 0 heterocycles. The second-order valence-corrected chi connectivity index (χ2v) is 5.24. The van der Waals surface area contributed by atoms with Gasteiger partial charge in [-0.1, -0.05) is 20.8 Å². The smallest absolute Gasteiger partial charge is 0.273 e. The fraction of sp³-hybridized carbons (Fsp3) is 0.417. The molecule has 6 heteroatoms. The van der Waals surface area contributed by atoms with Crippen molar-refractivity contribution in [2.24, 2.45) is 5.41 Å².